The summed E-state index contributed by atoms with van der Waals surface area (Å²) in [6.07, 6.45) is 0. The summed E-state index contributed by atoms with van der Waals surface area (Å²) in [5, 5.41) is 0. The van der Waals surface area contributed by atoms with Gasteiger partial charge in [0.15, 0.2) is 6.61 Å². The van der Waals surface area contributed by atoms with Crippen molar-refractivity contribution in [2.45, 2.75) is 27.7 Å². The number of carbonyl (C=O) groups is 1. The fourth-order valence-electron chi connectivity index (χ4n) is 2.37. The van der Waals surface area contributed by atoms with Crippen molar-refractivity contribution in [1.29, 1.82) is 0 Å². The largest absolute Gasteiger partial charge is 0.485 e. The highest BCUT2D eigenvalue weighted by Crippen LogP contribution is 2.22. The standard InChI is InChI=1S/C18H20O2/c1-12-10-13(2)15(4)18(14(12)3)17(19)11-20-16-8-6-5-7-9-16/h5-10H,11H2,1-4H3. The van der Waals surface area contributed by atoms with Gasteiger partial charge in [0.05, 0.1) is 0 Å². The van der Waals surface area contributed by atoms with E-state index in [2.05, 4.69) is 6.07 Å². The molecular formula is C18H20O2. The van der Waals surface area contributed by atoms with E-state index in [1.165, 1.54) is 0 Å². The maximum atomic E-state index is 12.4. The molecule has 0 aliphatic rings. The van der Waals surface area contributed by atoms with Gasteiger partial charge in [-0.2, -0.15) is 0 Å². The van der Waals surface area contributed by atoms with Crippen molar-refractivity contribution in [1.82, 2.24) is 0 Å². The summed E-state index contributed by atoms with van der Waals surface area (Å²) in [5.41, 5.74) is 5.20. The number of para-hydroxylation sites is 1. The summed E-state index contributed by atoms with van der Waals surface area (Å²) in [4.78, 5) is 12.4. The molecule has 104 valence electrons. The van der Waals surface area contributed by atoms with Gasteiger partial charge in [0.25, 0.3) is 0 Å². The Balaban J connectivity index is 2.22. The molecule has 0 bridgehead atoms. The molecule has 0 heterocycles. The Hall–Kier alpha value is -2.09. The monoisotopic (exact) mass is 268 g/mol. The lowest BCUT2D eigenvalue weighted by Crippen LogP contribution is -2.15. The van der Waals surface area contributed by atoms with Crippen LogP contribution in [0.25, 0.3) is 0 Å². The van der Waals surface area contributed by atoms with Crippen molar-refractivity contribution in [2.75, 3.05) is 6.61 Å². The van der Waals surface area contributed by atoms with Gasteiger partial charge in [-0.1, -0.05) is 24.3 Å². The van der Waals surface area contributed by atoms with Gasteiger partial charge in [-0.05, 0) is 62.1 Å². The number of Topliss-reactive ketones (excluding diaryl/α,β-unsaturated/α-hetero) is 1. The van der Waals surface area contributed by atoms with E-state index in [1.54, 1.807) is 0 Å². The third-order valence-corrected chi connectivity index (χ3v) is 3.76. The minimum absolute atomic E-state index is 0.0376. The molecule has 0 aromatic heterocycles. The zero-order valence-electron chi connectivity index (χ0n) is 12.5. The number of ketones is 1. The number of benzene rings is 2. The smallest absolute Gasteiger partial charge is 0.200 e. The summed E-state index contributed by atoms with van der Waals surface area (Å²) >= 11 is 0. The molecule has 0 aliphatic heterocycles. The first-order valence-corrected chi connectivity index (χ1v) is 6.79. The second-order valence-electron chi connectivity index (χ2n) is 5.16. The topological polar surface area (TPSA) is 26.3 Å². The second-order valence-corrected chi connectivity index (χ2v) is 5.16. The summed E-state index contributed by atoms with van der Waals surface area (Å²) in [6, 6.07) is 11.6. The van der Waals surface area contributed by atoms with Crippen LogP contribution in [0.2, 0.25) is 0 Å². The molecule has 2 aromatic rings. The summed E-state index contributed by atoms with van der Waals surface area (Å²) in [6.45, 7) is 8.15. The number of ether oxygens (including phenoxy) is 1. The molecule has 0 aliphatic carbocycles. The average Bonchev–Trinajstić information content (AvgIpc) is 2.44. The van der Waals surface area contributed by atoms with Gasteiger partial charge >= 0.3 is 0 Å². The van der Waals surface area contributed by atoms with Crippen molar-refractivity contribution in [2.24, 2.45) is 0 Å². The van der Waals surface area contributed by atoms with E-state index in [1.807, 2.05) is 58.0 Å². The molecule has 0 amide bonds. The third kappa shape index (κ3) is 2.90. The first kappa shape index (κ1) is 14.3. The van der Waals surface area contributed by atoms with Crippen molar-refractivity contribution >= 4 is 5.78 Å². The normalized spacial score (nSPS) is 10.4. The van der Waals surface area contributed by atoms with Crippen LogP contribution in [0.5, 0.6) is 5.75 Å². The molecule has 2 nitrogen and oxygen atoms in total. The quantitative estimate of drug-likeness (QED) is 0.777. The Labute approximate surface area is 120 Å². The lowest BCUT2D eigenvalue weighted by atomic mass is 9.92. The number of rotatable bonds is 4. The van der Waals surface area contributed by atoms with Crippen LogP contribution in [0, 0.1) is 27.7 Å². The van der Waals surface area contributed by atoms with E-state index in [0.29, 0.717) is 0 Å². The van der Waals surface area contributed by atoms with E-state index < -0.39 is 0 Å². The first-order valence-electron chi connectivity index (χ1n) is 6.79. The Morgan fingerprint density at radius 3 is 2.05 bits per heavy atom. The second kappa shape index (κ2) is 5.91. The van der Waals surface area contributed by atoms with Crippen LogP contribution in [-0.4, -0.2) is 12.4 Å². The highest BCUT2D eigenvalue weighted by molar-refractivity contribution is 6.00. The van der Waals surface area contributed by atoms with Crippen molar-refractivity contribution in [3.63, 3.8) is 0 Å². The Morgan fingerprint density at radius 1 is 0.950 bits per heavy atom. The SMILES string of the molecule is Cc1cc(C)c(C)c(C(=O)COc2ccccc2)c1C. The lowest BCUT2D eigenvalue weighted by molar-refractivity contribution is 0.0920. The van der Waals surface area contributed by atoms with Crippen LogP contribution in [-0.2, 0) is 0 Å². The molecule has 0 saturated heterocycles. The zero-order chi connectivity index (χ0) is 14.7. The Kier molecular flexibility index (Phi) is 4.23. The molecule has 2 rings (SSSR count). The fraction of sp³-hybridized carbons (Fsp3) is 0.278. The van der Waals surface area contributed by atoms with Crippen LogP contribution >= 0.6 is 0 Å². The molecule has 0 fully saturated rings. The van der Waals surface area contributed by atoms with Crippen LogP contribution < -0.4 is 4.74 Å². The van der Waals surface area contributed by atoms with Crippen LogP contribution in [0.3, 0.4) is 0 Å². The number of carbonyl (C=O) groups excluding carboxylic acids is 1. The van der Waals surface area contributed by atoms with Gasteiger partial charge in [-0.25, -0.2) is 0 Å². The third-order valence-electron chi connectivity index (χ3n) is 3.76. The molecule has 0 saturated carbocycles. The molecule has 0 unspecified atom stereocenters. The first-order chi connectivity index (χ1) is 9.50. The van der Waals surface area contributed by atoms with E-state index in [0.717, 1.165) is 33.6 Å². The van der Waals surface area contributed by atoms with Gasteiger partial charge in [0.1, 0.15) is 5.75 Å². The van der Waals surface area contributed by atoms with Crippen LogP contribution in [0.4, 0.5) is 0 Å². The summed E-state index contributed by atoms with van der Waals surface area (Å²) in [7, 11) is 0. The zero-order valence-corrected chi connectivity index (χ0v) is 12.5. The van der Waals surface area contributed by atoms with E-state index >= 15 is 0 Å². The molecule has 0 N–H and O–H groups in total. The number of aryl methyl sites for hydroxylation is 2. The minimum Gasteiger partial charge on any atom is -0.485 e. The Bertz CT molecular complexity index is 601. The maximum absolute atomic E-state index is 12.4. The molecule has 0 radical (unpaired) electrons. The number of hydrogen-bond acceptors (Lipinski definition) is 2. The van der Waals surface area contributed by atoms with Gasteiger partial charge in [-0.15, -0.1) is 0 Å². The van der Waals surface area contributed by atoms with E-state index in [4.69, 9.17) is 4.74 Å². The molecule has 0 spiro atoms. The van der Waals surface area contributed by atoms with E-state index in [-0.39, 0.29) is 12.4 Å². The maximum Gasteiger partial charge on any atom is 0.200 e. The predicted octanol–water partition coefficient (Wildman–Crippen LogP) is 4.18. The van der Waals surface area contributed by atoms with Gasteiger partial charge in [0, 0.05) is 5.56 Å². The fourth-order valence-corrected chi connectivity index (χ4v) is 2.37. The lowest BCUT2D eigenvalue weighted by Gasteiger charge is -2.14. The highest BCUT2D eigenvalue weighted by atomic mass is 16.5. The van der Waals surface area contributed by atoms with Crippen LogP contribution in [0.1, 0.15) is 32.6 Å². The minimum atomic E-state index is 0.0376. The van der Waals surface area contributed by atoms with E-state index in [9.17, 15) is 4.79 Å². The van der Waals surface area contributed by atoms with Crippen molar-refractivity contribution in [3.8, 4) is 5.75 Å². The number of hydrogen-bond donors (Lipinski definition) is 0. The molecular weight excluding hydrogens is 248 g/mol. The summed E-state index contributed by atoms with van der Waals surface area (Å²) < 4.78 is 5.56. The van der Waals surface area contributed by atoms with Gasteiger partial charge in [0.2, 0.25) is 5.78 Å². The average molecular weight is 268 g/mol. The molecule has 2 heteroatoms. The Morgan fingerprint density at radius 2 is 1.50 bits per heavy atom. The van der Waals surface area contributed by atoms with Crippen molar-refractivity contribution < 1.29 is 9.53 Å². The van der Waals surface area contributed by atoms with Gasteiger partial charge < -0.3 is 4.74 Å². The van der Waals surface area contributed by atoms with Crippen LogP contribution in [0.15, 0.2) is 36.4 Å². The summed E-state index contributed by atoms with van der Waals surface area (Å²) in [5.74, 6) is 0.760. The molecule has 0 atom stereocenters. The predicted molar refractivity (Wildman–Crippen MR) is 81.7 cm³/mol. The van der Waals surface area contributed by atoms with Crippen molar-refractivity contribution in [3.05, 3.63) is 64.2 Å². The molecule has 20 heavy (non-hydrogen) atoms. The van der Waals surface area contributed by atoms with Gasteiger partial charge in [-0.3, -0.25) is 4.79 Å². The highest BCUT2D eigenvalue weighted by Gasteiger charge is 2.16. The molecule has 2 aromatic carbocycles.